The second-order valence-corrected chi connectivity index (χ2v) is 2.96. The Morgan fingerprint density at radius 3 is 2.50 bits per heavy atom. The summed E-state index contributed by atoms with van der Waals surface area (Å²) in [4.78, 5) is 11.0. The Kier molecular flexibility index (Phi) is 3.17. The van der Waals surface area contributed by atoms with Crippen LogP contribution in [0.5, 0.6) is 5.75 Å². The number of halogens is 2. The first-order valence-electron chi connectivity index (χ1n) is 4.23. The number of ketones is 1. The molecule has 0 aliphatic rings. The van der Waals surface area contributed by atoms with Crippen LogP contribution in [0.15, 0.2) is 12.1 Å². The third-order valence-corrected chi connectivity index (χ3v) is 1.90. The van der Waals surface area contributed by atoms with Crippen molar-refractivity contribution in [3.63, 3.8) is 0 Å². The molecule has 0 fully saturated rings. The highest BCUT2D eigenvalue weighted by atomic mass is 19.2. The van der Waals surface area contributed by atoms with Gasteiger partial charge in [-0.15, -0.1) is 0 Å². The van der Waals surface area contributed by atoms with Crippen LogP contribution in [0.2, 0.25) is 0 Å². The maximum absolute atomic E-state index is 12.7. The van der Waals surface area contributed by atoms with Crippen molar-refractivity contribution in [2.75, 3.05) is 0 Å². The van der Waals surface area contributed by atoms with Crippen molar-refractivity contribution in [3.05, 3.63) is 29.3 Å². The molecule has 0 unspecified atom stereocenters. The first-order chi connectivity index (χ1) is 6.54. The number of aromatic hydroxyl groups is 1. The van der Waals surface area contributed by atoms with Crippen molar-refractivity contribution in [3.8, 4) is 5.75 Å². The second-order valence-electron chi connectivity index (χ2n) is 2.96. The number of carbonyl (C=O) groups is 1. The molecule has 14 heavy (non-hydrogen) atoms. The molecule has 0 spiro atoms. The molecule has 0 aliphatic heterocycles. The summed E-state index contributed by atoms with van der Waals surface area (Å²) >= 11 is 0. The summed E-state index contributed by atoms with van der Waals surface area (Å²) in [6.45, 7) is 1.67. The minimum Gasteiger partial charge on any atom is -0.508 e. The zero-order valence-corrected chi connectivity index (χ0v) is 7.68. The normalized spacial score (nSPS) is 10.2. The van der Waals surface area contributed by atoms with Crippen LogP contribution in [0.25, 0.3) is 0 Å². The predicted molar refractivity (Wildman–Crippen MR) is 47.0 cm³/mol. The zero-order chi connectivity index (χ0) is 10.7. The van der Waals surface area contributed by atoms with E-state index in [0.29, 0.717) is 12.5 Å². The third kappa shape index (κ3) is 2.28. The van der Waals surface area contributed by atoms with E-state index in [0.717, 1.165) is 6.07 Å². The van der Waals surface area contributed by atoms with Crippen LogP contribution in [0, 0.1) is 11.6 Å². The van der Waals surface area contributed by atoms with Gasteiger partial charge in [-0.25, -0.2) is 8.78 Å². The number of hydrogen-bond donors (Lipinski definition) is 1. The van der Waals surface area contributed by atoms with Crippen LogP contribution in [-0.2, 0) is 11.2 Å². The van der Waals surface area contributed by atoms with Crippen LogP contribution in [0.1, 0.15) is 18.9 Å². The average molecular weight is 200 g/mol. The Balaban J connectivity index is 2.98. The molecule has 1 aromatic rings. The molecule has 0 saturated heterocycles. The number of benzene rings is 1. The van der Waals surface area contributed by atoms with Gasteiger partial charge in [-0.1, -0.05) is 6.92 Å². The van der Waals surface area contributed by atoms with E-state index in [9.17, 15) is 18.7 Å². The molecule has 76 valence electrons. The van der Waals surface area contributed by atoms with E-state index in [1.807, 2.05) is 0 Å². The highest BCUT2D eigenvalue weighted by Gasteiger charge is 2.11. The van der Waals surface area contributed by atoms with Crippen LogP contribution < -0.4 is 0 Å². The van der Waals surface area contributed by atoms with E-state index < -0.39 is 11.6 Å². The number of phenols is 1. The molecule has 2 nitrogen and oxygen atoms in total. The SMILES string of the molecule is CCC(=O)Cc1cc(F)c(F)cc1O. The van der Waals surface area contributed by atoms with Gasteiger partial charge < -0.3 is 5.11 Å². The Labute approximate surface area is 80.2 Å². The topological polar surface area (TPSA) is 37.3 Å². The molecule has 0 amide bonds. The number of rotatable bonds is 3. The summed E-state index contributed by atoms with van der Waals surface area (Å²) in [6.07, 6.45) is 0.234. The van der Waals surface area contributed by atoms with E-state index in [1.165, 1.54) is 0 Å². The van der Waals surface area contributed by atoms with Crippen LogP contribution in [0.3, 0.4) is 0 Å². The van der Waals surface area contributed by atoms with Crippen molar-refractivity contribution in [2.24, 2.45) is 0 Å². The molecule has 0 atom stereocenters. The molecule has 1 rings (SSSR count). The lowest BCUT2D eigenvalue weighted by Crippen LogP contribution is -2.01. The molecule has 1 aromatic carbocycles. The van der Waals surface area contributed by atoms with E-state index >= 15 is 0 Å². The Hall–Kier alpha value is -1.45. The Morgan fingerprint density at radius 1 is 1.36 bits per heavy atom. The van der Waals surface area contributed by atoms with Gasteiger partial charge >= 0.3 is 0 Å². The van der Waals surface area contributed by atoms with Crippen molar-refractivity contribution < 1.29 is 18.7 Å². The first kappa shape index (κ1) is 10.6. The lowest BCUT2D eigenvalue weighted by atomic mass is 10.1. The summed E-state index contributed by atoms with van der Waals surface area (Å²) in [5.41, 5.74) is 0.121. The monoisotopic (exact) mass is 200 g/mol. The fourth-order valence-electron chi connectivity index (χ4n) is 1.06. The third-order valence-electron chi connectivity index (χ3n) is 1.90. The Morgan fingerprint density at radius 2 is 1.93 bits per heavy atom. The van der Waals surface area contributed by atoms with Gasteiger partial charge in [0.2, 0.25) is 0 Å². The van der Waals surface area contributed by atoms with Gasteiger partial charge in [-0.2, -0.15) is 0 Å². The summed E-state index contributed by atoms with van der Waals surface area (Å²) in [6, 6.07) is 1.52. The number of carbonyl (C=O) groups excluding carboxylic acids is 1. The minimum absolute atomic E-state index is 0.0699. The molecule has 1 N–H and O–H groups in total. The molecule has 0 saturated carbocycles. The summed E-state index contributed by atoms with van der Waals surface area (Å²) < 4.78 is 25.3. The van der Waals surface area contributed by atoms with Crippen molar-refractivity contribution in [1.82, 2.24) is 0 Å². The quantitative estimate of drug-likeness (QED) is 0.812. The lowest BCUT2D eigenvalue weighted by molar-refractivity contribution is -0.118. The van der Waals surface area contributed by atoms with Crippen molar-refractivity contribution in [1.29, 1.82) is 0 Å². The van der Waals surface area contributed by atoms with E-state index in [4.69, 9.17) is 0 Å². The second kappa shape index (κ2) is 4.17. The number of hydrogen-bond acceptors (Lipinski definition) is 2. The van der Waals surface area contributed by atoms with Crippen LogP contribution in [-0.4, -0.2) is 10.9 Å². The zero-order valence-electron chi connectivity index (χ0n) is 7.68. The smallest absolute Gasteiger partial charge is 0.162 e. The van der Waals surface area contributed by atoms with Crippen molar-refractivity contribution >= 4 is 5.78 Å². The van der Waals surface area contributed by atoms with Gasteiger partial charge in [-0.3, -0.25) is 4.79 Å². The number of phenolic OH excluding ortho intramolecular Hbond substituents is 1. The van der Waals surface area contributed by atoms with E-state index in [1.54, 1.807) is 6.92 Å². The summed E-state index contributed by atoms with van der Waals surface area (Å²) in [5.74, 6) is -2.69. The fourth-order valence-corrected chi connectivity index (χ4v) is 1.06. The molecule has 0 aromatic heterocycles. The predicted octanol–water partition coefficient (Wildman–Crippen LogP) is 2.19. The fraction of sp³-hybridized carbons (Fsp3) is 0.300. The van der Waals surface area contributed by atoms with Gasteiger partial charge in [-0.05, 0) is 6.07 Å². The minimum atomic E-state index is -1.12. The van der Waals surface area contributed by atoms with Crippen molar-refractivity contribution in [2.45, 2.75) is 19.8 Å². The molecule has 0 bridgehead atoms. The standard InChI is InChI=1S/C10H10F2O2/c1-2-7(13)3-6-4-8(11)9(12)5-10(6)14/h4-5,14H,2-3H2,1H3. The largest absolute Gasteiger partial charge is 0.508 e. The lowest BCUT2D eigenvalue weighted by Gasteiger charge is -2.03. The van der Waals surface area contributed by atoms with Gasteiger partial charge in [0.05, 0.1) is 0 Å². The van der Waals surface area contributed by atoms with Gasteiger partial charge in [0.1, 0.15) is 11.5 Å². The molecular weight excluding hydrogens is 190 g/mol. The highest BCUT2D eigenvalue weighted by Crippen LogP contribution is 2.21. The van der Waals surface area contributed by atoms with E-state index in [-0.39, 0.29) is 23.5 Å². The summed E-state index contributed by atoms with van der Waals surface area (Å²) in [7, 11) is 0. The van der Waals surface area contributed by atoms with Crippen LogP contribution >= 0.6 is 0 Å². The van der Waals surface area contributed by atoms with Gasteiger partial charge in [0, 0.05) is 24.5 Å². The maximum atomic E-state index is 12.7. The Bertz CT molecular complexity index is 361. The van der Waals surface area contributed by atoms with Gasteiger partial charge in [0.15, 0.2) is 11.6 Å². The van der Waals surface area contributed by atoms with E-state index in [2.05, 4.69) is 0 Å². The molecule has 0 aliphatic carbocycles. The highest BCUT2D eigenvalue weighted by molar-refractivity contribution is 5.81. The first-order valence-corrected chi connectivity index (χ1v) is 4.23. The number of Topliss-reactive ketones (excluding diaryl/α,β-unsaturated/α-hetero) is 1. The average Bonchev–Trinajstić information content (AvgIpc) is 2.14. The molecule has 4 heteroatoms. The molecule has 0 heterocycles. The van der Waals surface area contributed by atoms with Crippen LogP contribution in [0.4, 0.5) is 8.78 Å². The summed E-state index contributed by atoms with van der Waals surface area (Å²) in [5, 5.41) is 9.20. The molecular formula is C10H10F2O2. The maximum Gasteiger partial charge on any atom is 0.162 e. The van der Waals surface area contributed by atoms with Gasteiger partial charge in [0.25, 0.3) is 0 Å². The molecule has 0 radical (unpaired) electrons.